The summed E-state index contributed by atoms with van der Waals surface area (Å²) in [6, 6.07) is 10.2. The van der Waals surface area contributed by atoms with Gasteiger partial charge in [-0.05, 0) is 94.0 Å². The largest absolute Gasteiger partial charge is 0.311 e. The average Bonchev–Trinajstić information content (AvgIpc) is 2.78. The molecule has 4 aliphatic rings. The summed E-state index contributed by atoms with van der Waals surface area (Å²) in [6.45, 7) is 0.0145. The molecule has 4 fully saturated rings. The van der Waals surface area contributed by atoms with Crippen molar-refractivity contribution in [3.05, 3.63) is 36.4 Å². The SMILES string of the molecule is CNCC(=O)N(C(=O)CNC)c1cccc2cc(S(=O)(=O)NC34CC5CC(CC(C5)C3)C4)ccc12. The second-order valence-electron chi connectivity index (χ2n) is 10.6. The number of imide groups is 1. The predicted molar refractivity (Wildman–Crippen MR) is 136 cm³/mol. The molecule has 4 saturated carbocycles. The fraction of sp³-hybridized carbons (Fsp3) is 0.538. The third-order valence-electron chi connectivity index (χ3n) is 7.92. The number of hydrogen-bond donors (Lipinski definition) is 3. The molecule has 8 nitrogen and oxygen atoms in total. The van der Waals surface area contributed by atoms with Crippen LogP contribution in [0.25, 0.3) is 10.8 Å². The molecular formula is C26H34N4O4S. The Kier molecular flexibility index (Phi) is 6.46. The Bertz CT molecular complexity index is 1210. The molecule has 35 heavy (non-hydrogen) atoms. The molecule has 2 aromatic rings. The zero-order chi connectivity index (χ0) is 24.8. The first kappa shape index (κ1) is 24.4. The Balaban J connectivity index is 1.47. The first-order valence-corrected chi connectivity index (χ1v) is 13.9. The molecule has 6 rings (SSSR count). The van der Waals surface area contributed by atoms with Crippen molar-refractivity contribution in [2.24, 2.45) is 17.8 Å². The summed E-state index contributed by atoms with van der Waals surface area (Å²) in [5, 5.41) is 6.91. The number of anilines is 1. The van der Waals surface area contributed by atoms with Crippen LogP contribution in [0.15, 0.2) is 41.3 Å². The summed E-state index contributed by atoms with van der Waals surface area (Å²) in [4.78, 5) is 27.0. The van der Waals surface area contributed by atoms with Gasteiger partial charge in [0.25, 0.3) is 0 Å². The van der Waals surface area contributed by atoms with Gasteiger partial charge in [0.15, 0.2) is 0 Å². The molecule has 0 spiro atoms. The van der Waals surface area contributed by atoms with Crippen molar-refractivity contribution in [3.63, 3.8) is 0 Å². The lowest BCUT2D eigenvalue weighted by Gasteiger charge is -2.56. The topological polar surface area (TPSA) is 108 Å². The Morgan fingerprint density at radius 2 is 1.49 bits per heavy atom. The van der Waals surface area contributed by atoms with Gasteiger partial charge in [0.1, 0.15) is 0 Å². The molecule has 0 aromatic heterocycles. The number of sulfonamides is 1. The third-order valence-corrected chi connectivity index (χ3v) is 9.50. The van der Waals surface area contributed by atoms with Crippen molar-refractivity contribution in [1.82, 2.24) is 15.4 Å². The van der Waals surface area contributed by atoms with Crippen LogP contribution in [0.4, 0.5) is 5.69 Å². The quantitative estimate of drug-likeness (QED) is 0.516. The van der Waals surface area contributed by atoms with Crippen LogP contribution in [0.3, 0.4) is 0 Å². The standard InChI is InChI=1S/C26H34N4O4S/c1-27-15-24(31)30(25(32)16-28-2)23-5-3-4-20-11-21(6-7-22(20)23)35(33,34)29-26-12-17-8-18(13-26)10-19(9-17)14-26/h3-7,11,17-19,27-29H,8-10,12-16H2,1-2H3. The monoisotopic (exact) mass is 498 g/mol. The second kappa shape index (κ2) is 9.28. The van der Waals surface area contributed by atoms with E-state index in [1.807, 2.05) is 6.07 Å². The molecule has 4 bridgehead atoms. The first-order valence-electron chi connectivity index (χ1n) is 12.5. The number of carbonyl (C=O) groups is 2. The molecule has 4 aliphatic carbocycles. The van der Waals surface area contributed by atoms with Crippen LogP contribution >= 0.6 is 0 Å². The van der Waals surface area contributed by atoms with E-state index < -0.39 is 10.0 Å². The van der Waals surface area contributed by atoms with Crippen molar-refractivity contribution in [2.45, 2.75) is 49.0 Å². The number of benzene rings is 2. The van der Waals surface area contributed by atoms with E-state index in [1.165, 1.54) is 19.3 Å². The van der Waals surface area contributed by atoms with Crippen LogP contribution in [-0.4, -0.2) is 53.0 Å². The lowest BCUT2D eigenvalue weighted by Crippen LogP contribution is -2.59. The number of fused-ring (bicyclic) bond motifs is 1. The lowest BCUT2D eigenvalue weighted by molar-refractivity contribution is -0.125. The molecule has 0 unspecified atom stereocenters. The zero-order valence-electron chi connectivity index (χ0n) is 20.3. The number of carbonyl (C=O) groups excluding carboxylic acids is 2. The van der Waals surface area contributed by atoms with Gasteiger partial charge >= 0.3 is 0 Å². The summed E-state index contributed by atoms with van der Waals surface area (Å²) in [6.07, 6.45) is 6.54. The van der Waals surface area contributed by atoms with E-state index in [0.29, 0.717) is 34.2 Å². The summed E-state index contributed by atoms with van der Waals surface area (Å²) >= 11 is 0. The van der Waals surface area contributed by atoms with Crippen LogP contribution in [0.1, 0.15) is 38.5 Å². The highest BCUT2D eigenvalue weighted by atomic mass is 32.2. The molecule has 3 N–H and O–H groups in total. The fourth-order valence-electron chi connectivity index (χ4n) is 7.05. The van der Waals surface area contributed by atoms with Gasteiger partial charge in [-0.2, -0.15) is 0 Å². The highest BCUT2D eigenvalue weighted by Crippen LogP contribution is 2.56. The number of nitrogens with zero attached hydrogens (tertiary/aromatic N) is 1. The number of likely N-dealkylation sites (N-methyl/N-ethyl adjacent to an activating group) is 2. The number of amides is 2. The van der Waals surface area contributed by atoms with Crippen LogP contribution in [0, 0.1) is 17.8 Å². The van der Waals surface area contributed by atoms with Crippen LogP contribution < -0.4 is 20.3 Å². The van der Waals surface area contributed by atoms with E-state index in [4.69, 9.17) is 0 Å². The fourth-order valence-corrected chi connectivity index (χ4v) is 8.52. The minimum atomic E-state index is -3.71. The highest BCUT2D eigenvalue weighted by molar-refractivity contribution is 7.89. The summed E-state index contributed by atoms with van der Waals surface area (Å²) < 4.78 is 30.2. The lowest BCUT2D eigenvalue weighted by atomic mass is 9.53. The zero-order valence-corrected chi connectivity index (χ0v) is 21.2. The Labute approximate surface area is 206 Å². The van der Waals surface area contributed by atoms with Gasteiger partial charge in [-0.25, -0.2) is 18.0 Å². The Morgan fingerprint density at radius 1 is 0.914 bits per heavy atom. The molecule has 0 atom stereocenters. The molecule has 2 amide bonds. The minimum absolute atomic E-state index is 0.00723. The van der Waals surface area contributed by atoms with Crippen molar-refractivity contribution < 1.29 is 18.0 Å². The Morgan fingerprint density at radius 3 is 2.03 bits per heavy atom. The van der Waals surface area contributed by atoms with Gasteiger partial charge in [0, 0.05) is 10.9 Å². The number of hydrogen-bond acceptors (Lipinski definition) is 6. The maximum atomic E-state index is 13.5. The smallest absolute Gasteiger partial charge is 0.247 e. The van der Waals surface area contributed by atoms with E-state index in [9.17, 15) is 18.0 Å². The number of rotatable bonds is 8. The molecule has 2 aromatic carbocycles. The molecule has 188 valence electrons. The summed E-state index contributed by atoms with van der Waals surface area (Å²) in [5.41, 5.74) is 0.126. The minimum Gasteiger partial charge on any atom is -0.311 e. The Hall–Kier alpha value is -2.33. The van der Waals surface area contributed by atoms with Gasteiger partial charge in [-0.1, -0.05) is 18.2 Å². The van der Waals surface area contributed by atoms with E-state index in [0.717, 1.165) is 24.2 Å². The molecular weight excluding hydrogens is 464 g/mol. The van der Waals surface area contributed by atoms with Crippen LogP contribution in [-0.2, 0) is 19.6 Å². The average molecular weight is 499 g/mol. The van der Waals surface area contributed by atoms with Gasteiger partial charge in [-0.3, -0.25) is 9.59 Å². The van der Waals surface area contributed by atoms with Crippen molar-refractivity contribution in [1.29, 1.82) is 0 Å². The van der Waals surface area contributed by atoms with Crippen LogP contribution in [0.5, 0.6) is 0 Å². The van der Waals surface area contributed by atoms with Gasteiger partial charge < -0.3 is 10.6 Å². The molecule has 0 aliphatic heterocycles. The molecule has 0 radical (unpaired) electrons. The van der Waals surface area contributed by atoms with E-state index in [2.05, 4.69) is 15.4 Å². The second-order valence-corrected chi connectivity index (χ2v) is 12.3. The first-order chi connectivity index (χ1) is 16.7. The van der Waals surface area contributed by atoms with Crippen molar-refractivity contribution >= 4 is 38.3 Å². The van der Waals surface area contributed by atoms with E-state index in [1.54, 1.807) is 44.4 Å². The normalized spacial score (nSPS) is 27.3. The van der Waals surface area contributed by atoms with Crippen molar-refractivity contribution in [3.8, 4) is 0 Å². The third kappa shape index (κ3) is 4.62. The van der Waals surface area contributed by atoms with Gasteiger partial charge in [-0.15, -0.1) is 0 Å². The summed E-state index contributed by atoms with van der Waals surface area (Å²) in [5.74, 6) is 1.17. The van der Waals surface area contributed by atoms with Crippen LogP contribution in [0.2, 0.25) is 0 Å². The van der Waals surface area contributed by atoms with Crippen molar-refractivity contribution in [2.75, 3.05) is 32.1 Å². The van der Waals surface area contributed by atoms with Gasteiger partial charge in [0.2, 0.25) is 21.8 Å². The molecule has 0 heterocycles. The van der Waals surface area contributed by atoms with Gasteiger partial charge in [0.05, 0.1) is 23.7 Å². The molecule has 9 heteroatoms. The molecule has 0 saturated heterocycles. The van der Waals surface area contributed by atoms with E-state index in [-0.39, 0.29) is 35.3 Å². The maximum Gasteiger partial charge on any atom is 0.247 e. The predicted octanol–water partition coefficient (Wildman–Crippen LogP) is 2.39. The number of nitrogens with one attached hydrogen (secondary N) is 3. The van der Waals surface area contributed by atoms with E-state index >= 15 is 0 Å². The maximum absolute atomic E-state index is 13.5. The summed E-state index contributed by atoms with van der Waals surface area (Å²) in [7, 11) is -0.418. The highest BCUT2D eigenvalue weighted by Gasteiger charge is 2.52.